The van der Waals surface area contributed by atoms with Crippen molar-refractivity contribution in [2.24, 2.45) is 0 Å². The van der Waals surface area contributed by atoms with Crippen molar-refractivity contribution in [2.45, 2.75) is 58.1 Å². The van der Waals surface area contributed by atoms with Gasteiger partial charge in [0.25, 0.3) is 0 Å². The minimum atomic E-state index is -10.1. The van der Waals surface area contributed by atoms with E-state index in [0.29, 0.717) is 5.56 Å². The average Bonchev–Trinajstić information content (AvgIpc) is 3.06. The number of aromatic nitrogens is 4. The van der Waals surface area contributed by atoms with Crippen molar-refractivity contribution in [1.29, 1.82) is 5.41 Å². The van der Waals surface area contributed by atoms with Crippen molar-refractivity contribution in [3.8, 4) is 11.6 Å². The van der Waals surface area contributed by atoms with Crippen LogP contribution in [0.15, 0.2) is 29.2 Å². The van der Waals surface area contributed by atoms with Gasteiger partial charge in [-0.25, -0.2) is 4.68 Å². The van der Waals surface area contributed by atoms with Gasteiger partial charge in [0.1, 0.15) is 17.2 Å². The van der Waals surface area contributed by atoms with Gasteiger partial charge in [-0.1, -0.05) is 33.3 Å². The Morgan fingerprint density at radius 2 is 1.71 bits per heavy atom. The summed E-state index contributed by atoms with van der Waals surface area (Å²) in [6.07, 6.45) is 1.39. The van der Waals surface area contributed by atoms with Crippen LogP contribution in [-0.2, 0) is 6.54 Å². The van der Waals surface area contributed by atoms with Crippen LogP contribution in [0.25, 0.3) is 5.65 Å². The van der Waals surface area contributed by atoms with E-state index >= 15 is 0 Å². The van der Waals surface area contributed by atoms with Gasteiger partial charge in [-0.2, -0.15) is 4.52 Å². The highest BCUT2D eigenvalue weighted by Crippen LogP contribution is 3.02. The molecule has 3 rings (SSSR count). The van der Waals surface area contributed by atoms with Crippen molar-refractivity contribution in [3.63, 3.8) is 0 Å². The van der Waals surface area contributed by atoms with Crippen molar-refractivity contribution >= 4 is 21.7 Å². The van der Waals surface area contributed by atoms with Crippen LogP contribution < -0.4 is 15.1 Å². The Hall–Kier alpha value is -3.16. The topological polar surface area (TPSA) is 94.5 Å². The number of nitrogens with zero attached hydrogens (tertiary/aromatic N) is 4. The van der Waals surface area contributed by atoms with Gasteiger partial charge >= 0.3 is 10.2 Å². The summed E-state index contributed by atoms with van der Waals surface area (Å²) in [5.74, 6) is -1.24. The summed E-state index contributed by atoms with van der Waals surface area (Å²) >= 11 is 0. The Morgan fingerprint density at radius 3 is 2.29 bits per heavy atom. The summed E-state index contributed by atoms with van der Waals surface area (Å²) in [5.41, 5.74) is -0.177. The van der Waals surface area contributed by atoms with Crippen LogP contribution in [0.2, 0.25) is 0 Å². The number of carbonyl (C=O) groups excluding carboxylic acids is 1. The van der Waals surface area contributed by atoms with Crippen LogP contribution in [0.4, 0.5) is 19.4 Å². The SMILES string of the molecule is CCOc1cc(C(=O)Cn2nc3c(C)cc(OC(CC)CC)nn3c2=N)cc(S(F)(F)(F)(F)F)c1. The normalized spacial score (nSPS) is 14.1. The average molecular weight is 524 g/mol. The molecule has 2 heterocycles. The number of carbonyl (C=O) groups is 1. The zero-order valence-corrected chi connectivity index (χ0v) is 20.3. The highest BCUT2D eigenvalue weighted by Gasteiger charge is 2.65. The molecule has 0 bridgehead atoms. The van der Waals surface area contributed by atoms with E-state index in [-0.39, 0.29) is 42.0 Å². The van der Waals surface area contributed by atoms with E-state index in [2.05, 4.69) is 10.2 Å². The number of ether oxygens (including phenoxy) is 2. The molecule has 14 heteroatoms. The third-order valence-electron chi connectivity index (χ3n) is 5.20. The summed E-state index contributed by atoms with van der Waals surface area (Å²) in [4.78, 5) is 10.6. The molecule has 1 aromatic carbocycles. The van der Waals surface area contributed by atoms with Gasteiger partial charge in [-0.3, -0.25) is 10.2 Å². The van der Waals surface area contributed by atoms with E-state index in [9.17, 15) is 24.2 Å². The number of fused-ring (bicyclic) bond motifs is 1. The molecule has 0 atom stereocenters. The molecule has 35 heavy (non-hydrogen) atoms. The number of nitrogens with one attached hydrogen (secondary N) is 1. The maximum atomic E-state index is 13.4. The van der Waals surface area contributed by atoms with E-state index in [1.54, 1.807) is 13.0 Å². The molecule has 0 aliphatic heterocycles. The summed E-state index contributed by atoms with van der Waals surface area (Å²) in [6.45, 7) is 6.29. The molecule has 0 aliphatic rings. The Labute approximate surface area is 197 Å². The highest BCUT2D eigenvalue weighted by atomic mass is 32.5. The molecule has 0 fully saturated rings. The number of rotatable bonds is 10. The lowest BCUT2D eigenvalue weighted by Crippen LogP contribution is -2.27. The number of hydrogen-bond donors (Lipinski definition) is 1. The van der Waals surface area contributed by atoms with Crippen molar-refractivity contribution < 1.29 is 33.7 Å². The van der Waals surface area contributed by atoms with Crippen LogP contribution in [0.1, 0.15) is 49.5 Å². The van der Waals surface area contributed by atoms with E-state index < -0.39 is 38.8 Å². The summed E-state index contributed by atoms with van der Waals surface area (Å²) < 4.78 is 80.0. The molecule has 8 nitrogen and oxygen atoms in total. The third kappa shape index (κ3) is 5.92. The zero-order valence-electron chi connectivity index (χ0n) is 19.5. The Morgan fingerprint density at radius 1 is 1.06 bits per heavy atom. The molecule has 0 amide bonds. The first-order chi connectivity index (χ1) is 16.1. The minimum absolute atomic E-state index is 0.0909. The summed E-state index contributed by atoms with van der Waals surface area (Å²) in [5, 5.41) is 16.7. The largest absolute Gasteiger partial charge is 0.494 e. The molecule has 0 unspecified atom stereocenters. The summed E-state index contributed by atoms with van der Waals surface area (Å²) in [6, 6.07) is 2.84. The molecule has 0 saturated heterocycles. The first-order valence-corrected chi connectivity index (χ1v) is 12.7. The van der Waals surface area contributed by atoms with Crippen LogP contribution in [0.5, 0.6) is 11.6 Å². The second kappa shape index (κ2) is 8.50. The molecule has 0 radical (unpaired) electrons. The quantitative estimate of drug-likeness (QED) is 0.267. The van der Waals surface area contributed by atoms with Crippen LogP contribution >= 0.6 is 10.2 Å². The predicted molar refractivity (Wildman–Crippen MR) is 120 cm³/mol. The molecule has 0 aliphatic carbocycles. The van der Waals surface area contributed by atoms with E-state index in [4.69, 9.17) is 14.9 Å². The highest BCUT2D eigenvalue weighted by molar-refractivity contribution is 8.45. The zero-order chi connectivity index (χ0) is 26.2. The molecule has 0 saturated carbocycles. The molecule has 2 aromatic heterocycles. The number of halogens is 5. The Balaban J connectivity index is 2.01. The first-order valence-electron chi connectivity index (χ1n) is 10.8. The van der Waals surface area contributed by atoms with E-state index in [0.717, 1.165) is 28.1 Å². The number of aryl methyl sites for hydroxylation is 1. The van der Waals surface area contributed by atoms with Crippen LogP contribution in [-0.4, -0.2) is 37.9 Å². The van der Waals surface area contributed by atoms with Crippen LogP contribution in [0.3, 0.4) is 0 Å². The molecule has 194 valence electrons. The lowest BCUT2D eigenvalue weighted by molar-refractivity contribution is 0.0965. The van der Waals surface area contributed by atoms with E-state index in [1.165, 1.54) is 6.92 Å². The second-order valence-corrected chi connectivity index (χ2v) is 10.4. The Bertz CT molecular complexity index is 1330. The number of hydrogen-bond acceptors (Lipinski definition) is 6. The maximum absolute atomic E-state index is 13.4. The standard InChI is InChI=1S/C21H26F5N5O3S/c1-5-15(6-2)34-19-8-13(4)20-29-30(21(27)31(20)28-19)12-18(32)14-9-16(33-7-3)11-17(10-14)35(22,23,24,25)26/h8-11,15,27H,5-7,12H2,1-4H3. The number of benzene rings is 1. The fourth-order valence-corrected chi connectivity index (χ4v) is 4.05. The number of Topliss-reactive ketones (excluding diaryl/α,β-unsaturated/α-hetero) is 1. The summed E-state index contributed by atoms with van der Waals surface area (Å²) in [7, 11) is -10.1. The van der Waals surface area contributed by atoms with Gasteiger partial charge < -0.3 is 9.47 Å². The van der Waals surface area contributed by atoms with Crippen molar-refractivity contribution in [2.75, 3.05) is 6.61 Å². The predicted octanol–water partition coefficient (Wildman–Crippen LogP) is 5.83. The van der Waals surface area contributed by atoms with Gasteiger partial charge in [0.15, 0.2) is 11.4 Å². The minimum Gasteiger partial charge on any atom is -0.494 e. The fourth-order valence-electron chi connectivity index (χ4n) is 3.36. The number of ketones is 1. The van der Waals surface area contributed by atoms with Crippen LogP contribution in [0, 0.1) is 12.3 Å². The lowest BCUT2D eigenvalue weighted by atomic mass is 10.1. The van der Waals surface area contributed by atoms with Crippen molar-refractivity contribution in [1.82, 2.24) is 19.4 Å². The van der Waals surface area contributed by atoms with Gasteiger partial charge in [0, 0.05) is 23.3 Å². The molecular formula is C21H26F5N5O3S. The van der Waals surface area contributed by atoms with Gasteiger partial charge in [0.05, 0.1) is 12.7 Å². The van der Waals surface area contributed by atoms with Gasteiger partial charge in [0.2, 0.25) is 11.5 Å². The Kier molecular flexibility index (Phi) is 6.42. The van der Waals surface area contributed by atoms with Gasteiger partial charge in [-0.15, -0.1) is 10.2 Å². The first kappa shape index (κ1) is 26.4. The third-order valence-corrected chi connectivity index (χ3v) is 6.33. The lowest BCUT2D eigenvalue weighted by Gasteiger charge is -2.40. The smallest absolute Gasteiger partial charge is 0.310 e. The van der Waals surface area contributed by atoms with Crippen molar-refractivity contribution in [3.05, 3.63) is 41.0 Å². The van der Waals surface area contributed by atoms with E-state index in [1.807, 2.05) is 13.8 Å². The van der Waals surface area contributed by atoms with Gasteiger partial charge in [-0.05, 0) is 38.8 Å². The molecule has 1 N–H and O–H groups in total. The second-order valence-electron chi connectivity index (χ2n) is 7.96. The molecular weight excluding hydrogens is 497 g/mol. The monoisotopic (exact) mass is 523 g/mol. The maximum Gasteiger partial charge on any atom is 0.310 e. The molecule has 3 aromatic rings. The molecule has 0 spiro atoms. The fraction of sp³-hybridized carbons (Fsp3) is 0.429.